The number of fused-ring (bicyclic) bond motifs is 4. The van der Waals surface area contributed by atoms with E-state index >= 15 is 0 Å². The first-order valence-corrected chi connectivity index (χ1v) is 15.7. The second-order valence-electron chi connectivity index (χ2n) is 11.5. The van der Waals surface area contributed by atoms with Crippen LogP contribution in [0.2, 0.25) is 0 Å². The van der Waals surface area contributed by atoms with Gasteiger partial charge in [-0.2, -0.15) is 0 Å². The van der Waals surface area contributed by atoms with E-state index in [0.717, 1.165) is 78.0 Å². The summed E-state index contributed by atoms with van der Waals surface area (Å²) in [6, 6.07) is 55.9. The summed E-state index contributed by atoms with van der Waals surface area (Å²) in [4.78, 5) is 20.9. The normalized spacial score (nSPS) is 11.4. The highest BCUT2D eigenvalue weighted by Crippen LogP contribution is 2.39. The number of benzene rings is 6. The van der Waals surface area contributed by atoms with E-state index in [2.05, 4.69) is 114 Å². The minimum atomic E-state index is 0.646. The molecule has 3 aromatic heterocycles. The van der Waals surface area contributed by atoms with E-state index in [-0.39, 0.29) is 0 Å². The van der Waals surface area contributed by atoms with E-state index < -0.39 is 0 Å². The van der Waals surface area contributed by atoms with Crippen molar-refractivity contribution in [1.82, 2.24) is 24.5 Å². The van der Waals surface area contributed by atoms with Crippen molar-refractivity contribution in [3.05, 3.63) is 164 Å². The van der Waals surface area contributed by atoms with Crippen LogP contribution in [0.1, 0.15) is 0 Å². The first kappa shape index (κ1) is 26.9. The molecule has 47 heavy (non-hydrogen) atoms. The van der Waals surface area contributed by atoms with Gasteiger partial charge in [0.2, 0.25) is 0 Å². The molecule has 9 aromatic rings. The van der Waals surface area contributed by atoms with Crippen LogP contribution in [0.4, 0.5) is 0 Å². The zero-order valence-corrected chi connectivity index (χ0v) is 25.3. The fourth-order valence-electron chi connectivity index (χ4n) is 6.43. The Morgan fingerprint density at radius 2 is 0.915 bits per heavy atom. The number of para-hydroxylation sites is 4. The molecule has 0 aliphatic carbocycles. The maximum Gasteiger partial charge on any atom is 0.162 e. The van der Waals surface area contributed by atoms with Crippen molar-refractivity contribution >= 4 is 33.0 Å². The Hall–Kier alpha value is -6.46. The second-order valence-corrected chi connectivity index (χ2v) is 11.5. The Morgan fingerprint density at radius 1 is 0.383 bits per heavy atom. The fourth-order valence-corrected chi connectivity index (χ4v) is 6.43. The summed E-state index contributed by atoms with van der Waals surface area (Å²) in [7, 11) is 0. The minimum Gasteiger partial charge on any atom is -0.294 e. The topological polar surface area (TPSA) is 56.5 Å². The Labute approximate surface area is 271 Å². The second kappa shape index (κ2) is 11.2. The van der Waals surface area contributed by atoms with Crippen LogP contribution < -0.4 is 0 Å². The molecule has 220 valence electrons. The summed E-state index contributed by atoms with van der Waals surface area (Å²) in [6.45, 7) is 0. The van der Waals surface area contributed by atoms with Gasteiger partial charge in [0, 0.05) is 33.3 Å². The molecule has 0 aliphatic heterocycles. The number of hydrogen-bond donors (Lipinski definition) is 0. The van der Waals surface area contributed by atoms with Gasteiger partial charge in [0.25, 0.3) is 0 Å². The maximum atomic E-state index is 5.33. The molecular weight excluding hydrogens is 574 g/mol. The lowest BCUT2D eigenvalue weighted by molar-refractivity contribution is 1.11. The zero-order chi connectivity index (χ0) is 31.2. The Morgan fingerprint density at radius 3 is 1.62 bits per heavy atom. The van der Waals surface area contributed by atoms with Crippen molar-refractivity contribution in [2.24, 2.45) is 0 Å². The first-order valence-electron chi connectivity index (χ1n) is 15.7. The van der Waals surface area contributed by atoms with Crippen molar-refractivity contribution in [3.63, 3.8) is 0 Å². The number of hydrogen-bond acceptors (Lipinski definition) is 4. The summed E-state index contributed by atoms with van der Waals surface area (Å²) in [5, 5.41) is 2.15. The number of aromatic nitrogens is 5. The summed E-state index contributed by atoms with van der Waals surface area (Å²) in [5.74, 6) is 0.646. The quantitative estimate of drug-likeness (QED) is 0.197. The van der Waals surface area contributed by atoms with Gasteiger partial charge in [-0.3, -0.25) is 4.57 Å². The highest BCUT2D eigenvalue weighted by atomic mass is 15.1. The molecule has 0 saturated heterocycles. The summed E-state index contributed by atoms with van der Waals surface area (Å²) in [6.07, 6.45) is 0. The van der Waals surface area contributed by atoms with E-state index in [1.165, 1.54) is 0 Å². The van der Waals surface area contributed by atoms with Gasteiger partial charge in [0.1, 0.15) is 5.65 Å². The van der Waals surface area contributed by atoms with Crippen molar-refractivity contribution in [1.29, 1.82) is 0 Å². The van der Waals surface area contributed by atoms with Gasteiger partial charge in [-0.05, 0) is 36.4 Å². The van der Waals surface area contributed by atoms with Crippen LogP contribution in [0.25, 0.3) is 83.8 Å². The van der Waals surface area contributed by atoms with Gasteiger partial charge in [-0.1, -0.05) is 127 Å². The summed E-state index contributed by atoms with van der Waals surface area (Å²) in [5.41, 5.74) is 11.2. The van der Waals surface area contributed by atoms with E-state index in [1.54, 1.807) is 0 Å². The van der Waals surface area contributed by atoms with Crippen molar-refractivity contribution < 1.29 is 0 Å². The Kier molecular flexibility index (Phi) is 6.39. The lowest BCUT2D eigenvalue weighted by Gasteiger charge is -2.13. The monoisotopic (exact) mass is 601 g/mol. The van der Waals surface area contributed by atoms with Gasteiger partial charge in [-0.25, -0.2) is 19.9 Å². The van der Waals surface area contributed by atoms with E-state index in [4.69, 9.17) is 19.9 Å². The third kappa shape index (κ3) is 4.64. The van der Waals surface area contributed by atoms with Crippen LogP contribution in [0.5, 0.6) is 0 Å². The molecule has 0 unspecified atom stereocenters. The first-order chi connectivity index (χ1) is 23.3. The minimum absolute atomic E-state index is 0.646. The smallest absolute Gasteiger partial charge is 0.162 e. The van der Waals surface area contributed by atoms with Crippen LogP contribution in [-0.2, 0) is 0 Å². The molecule has 5 nitrogen and oxygen atoms in total. The molecule has 0 fully saturated rings. The molecule has 3 heterocycles. The molecule has 0 aliphatic rings. The van der Waals surface area contributed by atoms with Gasteiger partial charge in [0.05, 0.1) is 39.0 Å². The highest BCUT2D eigenvalue weighted by Gasteiger charge is 2.21. The molecule has 5 heteroatoms. The Balaban J connectivity index is 1.31. The predicted octanol–water partition coefficient (Wildman–Crippen LogP) is 10.2. The summed E-state index contributed by atoms with van der Waals surface area (Å²) < 4.78 is 2.24. The lowest BCUT2D eigenvalue weighted by atomic mass is 10.0. The van der Waals surface area contributed by atoms with E-state index in [1.807, 2.05) is 54.6 Å². The van der Waals surface area contributed by atoms with Crippen molar-refractivity contribution in [2.75, 3.05) is 0 Å². The van der Waals surface area contributed by atoms with E-state index in [9.17, 15) is 0 Å². The van der Waals surface area contributed by atoms with E-state index in [0.29, 0.717) is 5.82 Å². The predicted molar refractivity (Wildman–Crippen MR) is 191 cm³/mol. The van der Waals surface area contributed by atoms with Crippen LogP contribution in [0, 0.1) is 0 Å². The zero-order valence-electron chi connectivity index (χ0n) is 25.3. The molecule has 0 bridgehead atoms. The van der Waals surface area contributed by atoms with Crippen molar-refractivity contribution in [2.45, 2.75) is 0 Å². The highest BCUT2D eigenvalue weighted by molar-refractivity contribution is 6.14. The van der Waals surface area contributed by atoms with Gasteiger partial charge >= 0.3 is 0 Å². The standard InChI is InChI=1S/C42H27N5/c1-4-15-28(16-5-1)38-37-33-23-10-13-26-36(33)47(32-21-8-3-9-22-32)42(37)46-41(45-38)31-20-14-19-30(27-31)40-39(29-17-6-2-7-18-29)43-34-24-11-12-25-35(34)44-40/h1-27H. The molecule has 0 atom stereocenters. The molecule has 0 radical (unpaired) electrons. The molecule has 0 spiro atoms. The van der Waals surface area contributed by atoms with Gasteiger partial charge in [-0.15, -0.1) is 0 Å². The molecule has 6 aromatic carbocycles. The molecule has 0 amide bonds. The number of nitrogens with zero attached hydrogens (tertiary/aromatic N) is 5. The maximum absolute atomic E-state index is 5.33. The molecule has 0 saturated carbocycles. The molecule has 9 rings (SSSR count). The summed E-state index contributed by atoms with van der Waals surface area (Å²) >= 11 is 0. The van der Waals surface area contributed by atoms with Crippen molar-refractivity contribution in [3.8, 4) is 50.8 Å². The lowest BCUT2D eigenvalue weighted by Crippen LogP contribution is -2.00. The van der Waals surface area contributed by atoms with Gasteiger partial charge in [0.15, 0.2) is 5.82 Å². The third-order valence-electron chi connectivity index (χ3n) is 8.59. The van der Waals surface area contributed by atoms with Crippen LogP contribution in [0.15, 0.2) is 164 Å². The average molecular weight is 602 g/mol. The van der Waals surface area contributed by atoms with Crippen LogP contribution in [-0.4, -0.2) is 24.5 Å². The van der Waals surface area contributed by atoms with Crippen LogP contribution in [0.3, 0.4) is 0 Å². The number of rotatable bonds is 5. The third-order valence-corrected chi connectivity index (χ3v) is 8.59. The fraction of sp³-hybridized carbons (Fsp3) is 0. The Bertz CT molecular complexity index is 2560. The van der Waals surface area contributed by atoms with Crippen LogP contribution >= 0.6 is 0 Å². The SMILES string of the molecule is c1ccc(-c2nc3ccccc3nc2-c2cccc(-c3nc(-c4ccccc4)c4c5ccccc5n(-c5ccccc5)c4n3)c2)cc1. The molecular formula is C42H27N5. The molecule has 0 N–H and O–H groups in total. The van der Waals surface area contributed by atoms with Gasteiger partial charge < -0.3 is 0 Å². The average Bonchev–Trinajstić information content (AvgIpc) is 3.49. The largest absolute Gasteiger partial charge is 0.294 e.